The number of carbonyl (C=O) groups excluding carboxylic acids is 4. The van der Waals surface area contributed by atoms with Gasteiger partial charge in [-0.05, 0) is 19.3 Å². The summed E-state index contributed by atoms with van der Waals surface area (Å²) in [6.07, 6.45) is 3.62. The number of ether oxygens (including phenoxy) is 1. The lowest BCUT2D eigenvalue weighted by molar-refractivity contribution is -0.151. The molecule has 23 heavy (non-hydrogen) atoms. The third kappa shape index (κ3) is 3.80. The molecule has 0 aromatic carbocycles. The number of carbonyl (C=O) groups is 4. The Kier molecular flexibility index (Phi) is 5.23. The van der Waals surface area contributed by atoms with Crippen molar-refractivity contribution in [1.29, 1.82) is 0 Å². The third-order valence-electron chi connectivity index (χ3n) is 4.32. The van der Waals surface area contributed by atoms with Crippen LogP contribution in [0.5, 0.6) is 0 Å². The van der Waals surface area contributed by atoms with Crippen molar-refractivity contribution in [2.24, 2.45) is 0 Å². The summed E-state index contributed by atoms with van der Waals surface area (Å²) in [6.45, 7) is -0.110. The van der Waals surface area contributed by atoms with Gasteiger partial charge in [0.1, 0.15) is 5.54 Å². The van der Waals surface area contributed by atoms with Gasteiger partial charge in [0.25, 0.3) is 11.8 Å². The van der Waals surface area contributed by atoms with Gasteiger partial charge in [-0.15, -0.1) is 0 Å². The Morgan fingerprint density at radius 3 is 2.52 bits per heavy atom. The van der Waals surface area contributed by atoms with Crippen molar-refractivity contribution < 1.29 is 23.9 Å². The zero-order valence-electron chi connectivity index (χ0n) is 13.6. The normalized spacial score (nSPS) is 19.1. The Bertz CT molecular complexity index is 511. The summed E-state index contributed by atoms with van der Waals surface area (Å²) < 4.78 is 4.84. The number of hydrogen-bond donors (Lipinski definition) is 1. The number of nitrogens with zero attached hydrogens (tertiary/aromatic N) is 2. The highest BCUT2D eigenvalue weighted by Crippen LogP contribution is 2.35. The SMILES string of the molecule is CN(C)C(=O)COC(=O)CCCN1C(=O)NC2(CCCC2)C1=O. The fraction of sp³-hybridized carbons (Fsp3) is 0.733. The Morgan fingerprint density at radius 2 is 1.91 bits per heavy atom. The van der Waals surface area contributed by atoms with E-state index >= 15 is 0 Å². The maximum absolute atomic E-state index is 12.4. The molecule has 0 aromatic rings. The first kappa shape index (κ1) is 17.2. The molecule has 0 bridgehead atoms. The van der Waals surface area contributed by atoms with E-state index in [2.05, 4.69) is 5.32 Å². The highest BCUT2D eigenvalue weighted by molar-refractivity contribution is 6.07. The van der Waals surface area contributed by atoms with Crippen molar-refractivity contribution in [1.82, 2.24) is 15.1 Å². The van der Waals surface area contributed by atoms with Crippen LogP contribution in [0.4, 0.5) is 4.79 Å². The van der Waals surface area contributed by atoms with Gasteiger partial charge in [0, 0.05) is 27.1 Å². The molecule has 0 radical (unpaired) electrons. The molecule has 0 aromatic heterocycles. The number of hydrogen-bond acceptors (Lipinski definition) is 5. The fourth-order valence-corrected chi connectivity index (χ4v) is 2.92. The van der Waals surface area contributed by atoms with Gasteiger partial charge < -0.3 is 15.0 Å². The molecule has 4 amide bonds. The fourth-order valence-electron chi connectivity index (χ4n) is 2.92. The van der Waals surface area contributed by atoms with E-state index in [1.165, 1.54) is 9.80 Å². The maximum Gasteiger partial charge on any atom is 0.325 e. The van der Waals surface area contributed by atoms with Crippen molar-refractivity contribution in [3.63, 3.8) is 0 Å². The molecule has 128 valence electrons. The minimum Gasteiger partial charge on any atom is -0.456 e. The second-order valence-electron chi connectivity index (χ2n) is 6.23. The zero-order valence-corrected chi connectivity index (χ0v) is 13.6. The van der Waals surface area contributed by atoms with Crippen LogP contribution in [0.3, 0.4) is 0 Å². The number of imide groups is 1. The van der Waals surface area contributed by atoms with E-state index < -0.39 is 11.5 Å². The highest BCUT2D eigenvalue weighted by Gasteiger charge is 2.51. The number of rotatable bonds is 6. The molecule has 1 saturated heterocycles. The van der Waals surface area contributed by atoms with Gasteiger partial charge in [-0.3, -0.25) is 19.3 Å². The summed E-state index contributed by atoms with van der Waals surface area (Å²) in [5, 5.41) is 2.79. The smallest absolute Gasteiger partial charge is 0.325 e. The summed E-state index contributed by atoms with van der Waals surface area (Å²) in [6, 6.07) is -0.381. The standard InChI is InChI=1S/C15H23N3O5/c1-17(2)11(19)10-23-12(20)6-5-9-18-13(21)15(16-14(18)22)7-3-4-8-15/h3-10H2,1-2H3,(H,16,22). The lowest BCUT2D eigenvalue weighted by atomic mass is 9.98. The summed E-state index contributed by atoms with van der Waals surface area (Å²) in [7, 11) is 3.15. The van der Waals surface area contributed by atoms with E-state index in [-0.39, 0.29) is 37.4 Å². The molecule has 8 nitrogen and oxygen atoms in total. The number of amides is 4. The number of nitrogens with one attached hydrogen (secondary N) is 1. The molecule has 0 unspecified atom stereocenters. The lowest BCUT2D eigenvalue weighted by Crippen LogP contribution is -2.44. The first-order valence-corrected chi connectivity index (χ1v) is 7.85. The van der Waals surface area contributed by atoms with Crippen LogP contribution in [0.1, 0.15) is 38.5 Å². The van der Waals surface area contributed by atoms with Gasteiger partial charge in [0.15, 0.2) is 6.61 Å². The summed E-state index contributed by atoms with van der Waals surface area (Å²) in [4.78, 5) is 49.7. The first-order valence-electron chi connectivity index (χ1n) is 7.85. The molecule has 1 N–H and O–H groups in total. The van der Waals surface area contributed by atoms with E-state index in [0.29, 0.717) is 19.3 Å². The van der Waals surface area contributed by atoms with Crippen LogP contribution in [0.2, 0.25) is 0 Å². The van der Waals surface area contributed by atoms with Gasteiger partial charge in [0.2, 0.25) is 0 Å². The molecule has 2 aliphatic rings. The number of esters is 1. The predicted octanol–water partition coefficient (Wildman–Crippen LogP) is 0.263. The summed E-state index contributed by atoms with van der Waals surface area (Å²) >= 11 is 0. The Morgan fingerprint density at radius 1 is 1.26 bits per heavy atom. The molecule has 0 atom stereocenters. The average molecular weight is 325 g/mol. The van der Waals surface area contributed by atoms with Crippen LogP contribution in [-0.2, 0) is 19.1 Å². The molecular formula is C15H23N3O5. The Balaban J connectivity index is 1.74. The summed E-state index contributed by atoms with van der Waals surface area (Å²) in [5.74, 6) is -0.991. The highest BCUT2D eigenvalue weighted by atomic mass is 16.5. The van der Waals surface area contributed by atoms with Crippen LogP contribution >= 0.6 is 0 Å². The molecule has 2 fully saturated rings. The molecule has 1 spiro atoms. The number of urea groups is 1. The largest absolute Gasteiger partial charge is 0.456 e. The van der Waals surface area contributed by atoms with Crippen molar-refractivity contribution in [3.8, 4) is 0 Å². The molecular weight excluding hydrogens is 302 g/mol. The quantitative estimate of drug-likeness (QED) is 0.558. The van der Waals surface area contributed by atoms with E-state index in [4.69, 9.17) is 4.74 Å². The first-order chi connectivity index (χ1) is 10.9. The van der Waals surface area contributed by atoms with Crippen LogP contribution in [0.15, 0.2) is 0 Å². The van der Waals surface area contributed by atoms with Gasteiger partial charge in [-0.1, -0.05) is 12.8 Å². The third-order valence-corrected chi connectivity index (χ3v) is 4.32. The van der Waals surface area contributed by atoms with Gasteiger partial charge in [-0.25, -0.2) is 4.79 Å². The Labute approximate surface area is 135 Å². The second kappa shape index (κ2) is 6.97. The molecule has 2 rings (SSSR count). The van der Waals surface area contributed by atoms with Gasteiger partial charge >= 0.3 is 12.0 Å². The topological polar surface area (TPSA) is 96.0 Å². The lowest BCUT2D eigenvalue weighted by Gasteiger charge is -2.19. The predicted molar refractivity (Wildman–Crippen MR) is 80.3 cm³/mol. The van der Waals surface area contributed by atoms with Gasteiger partial charge in [0.05, 0.1) is 0 Å². The maximum atomic E-state index is 12.4. The van der Waals surface area contributed by atoms with E-state index in [9.17, 15) is 19.2 Å². The van der Waals surface area contributed by atoms with E-state index in [0.717, 1.165) is 12.8 Å². The van der Waals surface area contributed by atoms with Crippen molar-refractivity contribution in [2.45, 2.75) is 44.1 Å². The molecule has 1 heterocycles. The minimum atomic E-state index is -0.713. The molecule has 1 aliphatic carbocycles. The van der Waals surface area contributed by atoms with Crippen molar-refractivity contribution in [2.75, 3.05) is 27.2 Å². The second-order valence-corrected chi connectivity index (χ2v) is 6.23. The van der Waals surface area contributed by atoms with Crippen LogP contribution in [0, 0.1) is 0 Å². The van der Waals surface area contributed by atoms with Gasteiger partial charge in [-0.2, -0.15) is 0 Å². The van der Waals surface area contributed by atoms with Crippen molar-refractivity contribution in [3.05, 3.63) is 0 Å². The van der Waals surface area contributed by atoms with Crippen LogP contribution < -0.4 is 5.32 Å². The summed E-state index contributed by atoms with van der Waals surface area (Å²) in [5.41, 5.74) is -0.713. The molecule has 1 aliphatic heterocycles. The Hall–Kier alpha value is -2.12. The molecule has 1 saturated carbocycles. The van der Waals surface area contributed by atoms with Crippen LogP contribution in [-0.4, -0.2) is 66.4 Å². The average Bonchev–Trinajstić information content (AvgIpc) is 3.05. The zero-order chi connectivity index (χ0) is 17.0. The van der Waals surface area contributed by atoms with E-state index in [1.807, 2.05) is 0 Å². The minimum absolute atomic E-state index is 0.0603. The monoisotopic (exact) mass is 325 g/mol. The van der Waals surface area contributed by atoms with Crippen LogP contribution in [0.25, 0.3) is 0 Å². The van der Waals surface area contributed by atoms with Crippen molar-refractivity contribution >= 4 is 23.8 Å². The molecule has 8 heteroatoms. The van der Waals surface area contributed by atoms with E-state index in [1.54, 1.807) is 14.1 Å². The number of likely N-dealkylation sites (N-methyl/N-ethyl adjacent to an activating group) is 1.